The van der Waals surface area contributed by atoms with E-state index in [1.54, 1.807) is 0 Å². The quantitative estimate of drug-likeness (QED) is 0.830. The minimum atomic E-state index is -1.60. The number of nitrogens with two attached hydrogens (primary N) is 1. The van der Waals surface area contributed by atoms with Crippen LogP contribution in [-0.2, 0) is 4.79 Å². The van der Waals surface area contributed by atoms with E-state index in [2.05, 4.69) is 5.32 Å². The Hall–Kier alpha value is -1.56. The van der Waals surface area contributed by atoms with Crippen molar-refractivity contribution >= 4 is 11.6 Å². The second-order valence-electron chi connectivity index (χ2n) is 5.17. The smallest absolute Gasteiger partial charge is 0.231 e. The van der Waals surface area contributed by atoms with E-state index >= 15 is 0 Å². The first-order chi connectivity index (χ1) is 8.89. The van der Waals surface area contributed by atoms with E-state index in [1.165, 1.54) is 0 Å². The van der Waals surface area contributed by atoms with E-state index in [4.69, 9.17) is 5.73 Å². The molecule has 3 nitrogen and oxygen atoms in total. The highest BCUT2D eigenvalue weighted by molar-refractivity contribution is 5.96. The van der Waals surface area contributed by atoms with E-state index in [0.29, 0.717) is 18.8 Å². The molecule has 6 heteroatoms. The summed E-state index contributed by atoms with van der Waals surface area (Å²) in [6.07, 6.45) is 1.22. The van der Waals surface area contributed by atoms with Crippen LogP contribution in [0.4, 0.5) is 18.9 Å². The third-order valence-electron chi connectivity index (χ3n) is 3.63. The van der Waals surface area contributed by atoms with Crippen LogP contribution >= 0.6 is 0 Å². The lowest BCUT2D eigenvalue weighted by molar-refractivity contribution is -0.132. The Bertz CT molecular complexity index is 513. The number of rotatable bonds is 3. The fourth-order valence-corrected chi connectivity index (χ4v) is 2.60. The first-order valence-corrected chi connectivity index (χ1v) is 6.04. The molecule has 1 aromatic rings. The van der Waals surface area contributed by atoms with Crippen molar-refractivity contribution in [2.24, 2.45) is 17.1 Å². The first kappa shape index (κ1) is 13.9. The van der Waals surface area contributed by atoms with Gasteiger partial charge in [0, 0.05) is 6.54 Å². The van der Waals surface area contributed by atoms with Gasteiger partial charge in [0.15, 0.2) is 17.5 Å². The van der Waals surface area contributed by atoms with Gasteiger partial charge < -0.3 is 11.1 Å². The highest BCUT2D eigenvalue weighted by Crippen LogP contribution is 2.45. The molecule has 0 spiro atoms. The van der Waals surface area contributed by atoms with E-state index in [1.807, 2.05) is 6.92 Å². The predicted octanol–water partition coefficient (Wildman–Crippen LogP) is 2.42. The summed E-state index contributed by atoms with van der Waals surface area (Å²) in [7, 11) is 0. The number of hydrogen-bond donors (Lipinski definition) is 2. The lowest BCUT2D eigenvalue weighted by atomic mass is 9.62. The zero-order chi connectivity index (χ0) is 14.2. The van der Waals surface area contributed by atoms with Crippen LogP contribution in [0.25, 0.3) is 0 Å². The molecule has 1 aliphatic rings. The average molecular weight is 272 g/mol. The third kappa shape index (κ3) is 2.32. The van der Waals surface area contributed by atoms with E-state index in [0.717, 1.165) is 12.1 Å². The van der Waals surface area contributed by atoms with Crippen LogP contribution in [0.2, 0.25) is 0 Å². The molecule has 1 fully saturated rings. The fraction of sp³-hybridized carbons (Fsp3) is 0.462. The van der Waals surface area contributed by atoms with Gasteiger partial charge in [0.25, 0.3) is 0 Å². The Labute approximate surface area is 109 Å². The molecular formula is C13H15F3N2O. The normalized spacial score (nSPS) is 25.8. The topological polar surface area (TPSA) is 55.1 Å². The van der Waals surface area contributed by atoms with Gasteiger partial charge in [-0.2, -0.15) is 0 Å². The average Bonchev–Trinajstić information content (AvgIpc) is 2.35. The second kappa shape index (κ2) is 4.85. The maximum atomic E-state index is 13.5. The fourth-order valence-electron chi connectivity index (χ4n) is 2.60. The predicted molar refractivity (Wildman–Crippen MR) is 64.8 cm³/mol. The second-order valence-corrected chi connectivity index (χ2v) is 5.17. The summed E-state index contributed by atoms with van der Waals surface area (Å²) in [5.41, 5.74) is 4.50. The molecule has 0 saturated heterocycles. The molecule has 0 unspecified atom stereocenters. The van der Waals surface area contributed by atoms with Gasteiger partial charge in [-0.25, -0.2) is 13.2 Å². The molecule has 3 N–H and O–H groups in total. The summed E-state index contributed by atoms with van der Waals surface area (Å²) < 4.78 is 39.3. The Kier molecular flexibility index (Phi) is 3.54. The van der Waals surface area contributed by atoms with Gasteiger partial charge >= 0.3 is 0 Å². The number of amides is 1. The number of carbonyl (C=O) groups excluding carboxylic acids is 1. The Balaban J connectivity index is 2.18. The van der Waals surface area contributed by atoms with Gasteiger partial charge in [-0.05, 0) is 30.9 Å². The molecular weight excluding hydrogens is 257 g/mol. The van der Waals surface area contributed by atoms with E-state index in [9.17, 15) is 18.0 Å². The SMILES string of the molecule is CC1CC(CN)(C(=O)Nc2ccc(F)c(F)c2F)C1. The highest BCUT2D eigenvalue weighted by Gasteiger charge is 2.47. The molecule has 0 heterocycles. The van der Waals surface area contributed by atoms with Crippen molar-refractivity contribution in [3.8, 4) is 0 Å². The van der Waals surface area contributed by atoms with Crippen LogP contribution in [0.5, 0.6) is 0 Å². The van der Waals surface area contributed by atoms with Crippen LogP contribution in [-0.4, -0.2) is 12.5 Å². The molecule has 1 amide bonds. The molecule has 1 saturated carbocycles. The molecule has 0 aromatic heterocycles. The van der Waals surface area contributed by atoms with Gasteiger partial charge in [-0.3, -0.25) is 4.79 Å². The van der Waals surface area contributed by atoms with Gasteiger partial charge in [-0.15, -0.1) is 0 Å². The zero-order valence-electron chi connectivity index (χ0n) is 10.5. The van der Waals surface area contributed by atoms with Crippen LogP contribution < -0.4 is 11.1 Å². The maximum absolute atomic E-state index is 13.5. The van der Waals surface area contributed by atoms with Crippen LogP contribution in [0, 0.1) is 28.8 Å². The summed E-state index contributed by atoms with van der Waals surface area (Å²) in [6, 6.07) is 1.77. The molecule has 0 radical (unpaired) electrons. The lowest BCUT2D eigenvalue weighted by Gasteiger charge is -2.44. The summed E-state index contributed by atoms with van der Waals surface area (Å²) in [5.74, 6) is -4.35. The monoisotopic (exact) mass is 272 g/mol. The molecule has 1 aliphatic carbocycles. The van der Waals surface area contributed by atoms with Crippen molar-refractivity contribution in [3.63, 3.8) is 0 Å². The molecule has 104 valence electrons. The van der Waals surface area contributed by atoms with Crippen molar-refractivity contribution in [1.82, 2.24) is 0 Å². The summed E-state index contributed by atoms with van der Waals surface area (Å²) in [4.78, 5) is 12.1. The zero-order valence-corrected chi connectivity index (χ0v) is 10.5. The highest BCUT2D eigenvalue weighted by atomic mass is 19.2. The minimum Gasteiger partial charge on any atom is -0.329 e. The van der Waals surface area contributed by atoms with E-state index in [-0.39, 0.29) is 12.2 Å². The van der Waals surface area contributed by atoms with Gasteiger partial charge in [0.1, 0.15) is 0 Å². The first-order valence-electron chi connectivity index (χ1n) is 6.04. The summed E-state index contributed by atoms with van der Waals surface area (Å²) in [5, 5.41) is 2.29. The van der Waals surface area contributed by atoms with Crippen molar-refractivity contribution in [3.05, 3.63) is 29.6 Å². The van der Waals surface area contributed by atoms with Crippen molar-refractivity contribution in [2.45, 2.75) is 19.8 Å². The molecule has 1 aromatic carbocycles. The lowest BCUT2D eigenvalue weighted by Crippen LogP contribution is -2.51. The van der Waals surface area contributed by atoms with Gasteiger partial charge in [0.2, 0.25) is 5.91 Å². The number of nitrogens with one attached hydrogen (secondary N) is 1. The molecule has 19 heavy (non-hydrogen) atoms. The number of hydrogen-bond acceptors (Lipinski definition) is 2. The van der Waals surface area contributed by atoms with Crippen LogP contribution in [0.1, 0.15) is 19.8 Å². The Morgan fingerprint density at radius 2 is 2.00 bits per heavy atom. The minimum absolute atomic E-state index is 0.147. The van der Waals surface area contributed by atoms with Gasteiger partial charge in [0.05, 0.1) is 11.1 Å². The van der Waals surface area contributed by atoms with Crippen LogP contribution in [0.15, 0.2) is 12.1 Å². The Morgan fingerprint density at radius 1 is 1.37 bits per heavy atom. The third-order valence-corrected chi connectivity index (χ3v) is 3.63. The van der Waals surface area contributed by atoms with E-state index < -0.39 is 28.8 Å². The molecule has 0 bridgehead atoms. The maximum Gasteiger partial charge on any atom is 0.231 e. The number of carbonyl (C=O) groups is 1. The van der Waals surface area contributed by atoms with Crippen molar-refractivity contribution in [2.75, 3.05) is 11.9 Å². The van der Waals surface area contributed by atoms with Gasteiger partial charge in [-0.1, -0.05) is 6.92 Å². The molecule has 2 rings (SSSR count). The number of benzene rings is 1. The van der Waals surface area contributed by atoms with Crippen molar-refractivity contribution in [1.29, 1.82) is 0 Å². The molecule has 0 aliphatic heterocycles. The largest absolute Gasteiger partial charge is 0.329 e. The van der Waals surface area contributed by atoms with Crippen molar-refractivity contribution < 1.29 is 18.0 Å². The molecule has 0 atom stereocenters. The summed E-state index contributed by atoms with van der Waals surface area (Å²) >= 11 is 0. The summed E-state index contributed by atoms with van der Waals surface area (Å²) in [6.45, 7) is 2.13. The number of halogens is 3. The van der Waals surface area contributed by atoms with Crippen LogP contribution in [0.3, 0.4) is 0 Å². The standard InChI is InChI=1S/C13H15F3N2O/c1-7-4-13(5-7,6-17)12(19)18-9-3-2-8(14)10(15)11(9)16/h2-3,7H,4-6,17H2,1H3,(H,18,19). The Morgan fingerprint density at radius 3 is 2.53 bits per heavy atom. The number of anilines is 1.